The molecule has 0 aliphatic rings. The SMILES string of the molecule is CCCC(=O)N(c1ccccc1)c1ccccc1. The number of rotatable bonds is 4. The Balaban J connectivity index is 2.38. The lowest BCUT2D eigenvalue weighted by Gasteiger charge is -2.22. The summed E-state index contributed by atoms with van der Waals surface area (Å²) in [6.07, 6.45) is 1.42. The van der Waals surface area contributed by atoms with E-state index < -0.39 is 0 Å². The molecule has 0 spiro atoms. The summed E-state index contributed by atoms with van der Waals surface area (Å²) in [5, 5.41) is 0. The highest BCUT2D eigenvalue weighted by Gasteiger charge is 2.16. The van der Waals surface area contributed by atoms with Crippen LogP contribution in [0.4, 0.5) is 11.4 Å². The van der Waals surface area contributed by atoms with Gasteiger partial charge in [-0.1, -0.05) is 43.3 Å². The van der Waals surface area contributed by atoms with Gasteiger partial charge in [0.25, 0.3) is 0 Å². The number of hydrogen-bond acceptors (Lipinski definition) is 1. The van der Waals surface area contributed by atoms with Crippen molar-refractivity contribution in [1.29, 1.82) is 0 Å². The van der Waals surface area contributed by atoms with Crippen LogP contribution in [0.2, 0.25) is 0 Å². The Morgan fingerprint density at radius 1 is 0.889 bits per heavy atom. The Morgan fingerprint density at radius 3 is 1.72 bits per heavy atom. The summed E-state index contributed by atoms with van der Waals surface area (Å²) >= 11 is 0. The maximum Gasteiger partial charge on any atom is 0.231 e. The molecular weight excluding hydrogens is 222 g/mol. The highest BCUT2D eigenvalue weighted by atomic mass is 16.2. The predicted octanol–water partition coefficient (Wildman–Crippen LogP) is 4.15. The summed E-state index contributed by atoms with van der Waals surface area (Å²) in [4.78, 5) is 14.1. The molecule has 0 bridgehead atoms. The van der Waals surface area contributed by atoms with Gasteiger partial charge in [-0.15, -0.1) is 0 Å². The molecule has 18 heavy (non-hydrogen) atoms. The number of hydrogen-bond donors (Lipinski definition) is 0. The molecule has 0 unspecified atom stereocenters. The van der Waals surface area contributed by atoms with Crippen LogP contribution in [0.5, 0.6) is 0 Å². The summed E-state index contributed by atoms with van der Waals surface area (Å²) in [6.45, 7) is 2.02. The topological polar surface area (TPSA) is 20.3 Å². The van der Waals surface area contributed by atoms with Crippen molar-refractivity contribution in [1.82, 2.24) is 0 Å². The Morgan fingerprint density at radius 2 is 1.33 bits per heavy atom. The molecule has 0 fully saturated rings. The zero-order chi connectivity index (χ0) is 12.8. The van der Waals surface area contributed by atoms with E-state index in [0.717, 1.165) is 17.8 Å². The Bertz CT molecular complexity index is 454. The number of carbonyl (C=O) groups is 1. The van der Waals surface area contributed by atoms with Crippen LogP contribution in [-0.4, -0.2) is 5.91 Å². The third-order valence-electron chi connectivity index (χ3n) is 2.74. The van der Waals surface area contributed by atoms with Crippen molar-refractivity contribution in [2.75, 3.05) is 4.90 Å². The van der Waals surface area contributed by atoms with E-state index in [1.807, 2.05) is 67.6 Å². The molecule has 0 N–H and O–H groups in total. The number of carbonyl (C=O) groups excluding carboxylic acids is 1. The van der Waals surface area contributed by atoms with Crippen LogP contribution < -0.4 is 4.90 Å². The van der Waals surface area contributed by atoms with E-state index in [1.165, 1.54) is 0 Å². The molecule has 2 rings (SSSR count). The standard InChI is InChI=1S/C16H17NO/c1-2-9-16(18)17(14-10-5-3-6-11-14)15-12-7-4-8-13-15/h3-8,10-13H,2,9H2,1H3. The first-order valence-electron chi connectivity index (χ1n) is 6.26. The van der Waals surface area contributed by atoms with E-state index >= 15 is 0 Å². The Hall–Kier alpha value is -2.09. The zero-order valence-electron chi connectivity index (χ0n) is 10.5. The van der Waals surface area contributed by atoms with E-state index in [9.17, 15) is 4.79 Å². The van der Waals surface area contributed by atoms with E-state index in [1.54, 1.807) is 4.90 Å². The fraction of sp³-hybridized carbons (Fsp3) is 0.188. The van der Waals surface area contributed by atoms with Gasteiger partial charge >= 0.3 is 0 Å². The van der Waals surface area contributed by atoms with Gasteiger partial charge in [0.1, 0.15) is 0 Å². The predicted molar refractivity (Wildman–Crippen MR) is 74.9 cm³/mol. The van der Waals surface area contributed by atoms with Crippen molar-refractivity contribution in [2.45, 2.75) is 19.8 Å². The lowest BCUT2D eigenvalue weighted by Crippen LogP contribution is -2.25. The van der Waals surface area contributed by atoms with Crippen LogP contribution in [0.15, 0.2) is 60.7 Å². The first-order chi connectivity index (χ1) is 8.83. The molecule has 0 aliphatic heterocycles. The summed E-state index contributed by atoms with van der Waals surface area (Å²) in [7, 11) is 0. The molecule has 0 saturated carbocycles. The van der Waals surface area contributed by atoms with Crippen molar-refractivity contribution in [3.8, 4) is 0 Å². The van der Waals surface area contributed by atoms with Crippen molar-refractivity contribution in [3.63, 3.8) is 0 Å². The van der Waals surface area contributed by atoms with Crippen molar-refractivity contribution < 1.29 is 4.79 Å². The summed E-state index contributed by atoms with van der Waals surface area (Å²) < 4.78 is 0. The monoisotopic (exact) mass is 239 g/mol. The van der Waals surface area contributed by atoms with Gasteiger partial charge in [0.05, 0.1) is 0 Å². The average molecular weight is 239 g/mol. The van der Waals surface area contributed by atoms with Gasteiger partial charge in [-0.2, -0.15) is 0 Å². The molecule has 0 saturated heterocycles. The molecule has 0 radical (unpaired) electrons. The molecule has 0 aliphatic carbocycles. The van der Waals surface area contributed by atoms with Crippen LogP contribution in [0.3, 0.4) is 0 Å². The van der Waals surface area contributed by atoms with Gasteiger partial charge in [0.2, 0.25) is 5.91 Å². The molecule has 0 atom stereocenters. The van der Waals surface area contributed by atoms with E-state index in [-0.39, 0.29) is 5.91 Å². The lowest BCUT2D eigenvalue weighted by atomic mass is 10.2. The van der Waals surface area contributed by atoms with Gasteiger partial charge in [0.15, 0.2) is 0 Å². The molecule has 1 amide bonds. The fourth-order valence-electron chi connectivity index (χ4n) is 1.92. The van der Waals surface area contributed by atoms with E-state index in [2.05, 4.69) is 0 Å². The van der Waals surface area contributed by atoms with Gasteiger partial charge in [0, 0.05) is 17.8 Å². The molecule has 0 aromatic heterocycles. The Kier molecular flexibility index (Phi) is 4.13. The van der Waals surface area contributed by atoms with Crippen LogP contribution in [0.1, 0.15) is 19.8 Å². The number of nitrogens with zero attached hydrogens (tertiary/aromatic N) is 1. The highest BCUT2D eigenvalue weighted by molar-refractivity contribution is 6.00. The van der Waals surface area contributed by atoms with E-state index in [4.69, 9.17) is 0 Å². The average Bonchev–Trinajstić information content (AvgIpc) is 2.42. The van der Waals surface area contributed by atoms with Crippen molar-refractivity contribution >= 4 is 17.3 Å². The number of para-hydroxylation sites is 2. The molecular formula is C16H17NO. The zero-order valence-corrected chi connectivity index (χ0v) is 10.5. The van der Waals surface area contributed by atoms with Gasteiger partial charge in [-0.25, -0.2) is 0 Å². The largest absolute Gasteiger partial charge is 0.281 e. The first kappa shape index (κ1) is 12.4. The number of benzene rings is 2. The minimum Gasteiger partial charge on any atom is -0.281 e. The summed E-state index contributed by atoms with van der Waals surface area (Å²) in [5.41, 5.74) is 1.84. The number of anilines is 2. The second-order valence-corrected chi connectivity index (χ2v) is 4.15. The summed E-state index contributed by atoms with van der Waals surface area (Å²) in [5.74, 6) is 0.134. The van der Waals surface area contributed by atoms with Gasteiger partial charge < -0.3 is 0 Å². The quantitative estimate of drug-likeness (QED) is 0.784. The third kappa shape index (κ3) is 2.77. The normalized spacial score (nSPS) is 10.1. The minimum absolute atomic E-state index is 0.134. The van der Waals surface area contributed by atoms with Gasteiger partial charge in [-0.05, 0) is 30.7 Å². The van der Waals surface area contributed by atoms with Crippen LogP contribution in [0.25, 0.3) is 0 Å². The second kappa shape index (κ2) is 6.01. The van der Waals surface area contributed by atoms with E-state index in [0.29, 0.717) is 6.42 Å². The fourth-order valence-corrected chi connectivity index (χ4v) is 1.92. The molecule has 2 heteroatoms. The van der Waals surface area contributed by atoms with Gasteiger partial charge in [-0.3, -0.25) is 9.69 Å². The van der Waals surface area contributed by atoms with Crippen molar-refractivity contribution in [3.05, 3.63) is 60.7 Å². The van der Waals surface area contributed by atoms with Crippen LogP contribution in [-0.2, 0) is 4.79 Å². The molecule has 2 nitrogen and oxygen atoms in total. The van der Waals surface area contributed by atoms with Crippen LogP contribution in [0, 0.1) is 0 Å². The molecule has 2 aromatic carbocycles. The molecule has 92 valence electrons. The summed E-state index contributed by atoms with van der Waals surface area (Å²) in [6, 6.07) is 19.5. The minimum atomic E-state index is 0.134. The lowest BCUT2D eigenvalue weighted by molar-refractivity contribution is -0.117. The maximum absolute atomic E-state index is 12.3. The third-order valence-corrected chi connectivity index (χ3v) is 2.74. The first-order valence-corrected chi connectivity index (χ1v) is 6.26. The second-order valence-electron chi connectivity index (χ2n) is 4.15. The Labute approximate surface area is 108 Å². The smallest absolute Gasteiger partial charge is 0.231 e. The molecule has 0 heterocycles. The van der Waals surface area contributed by atoms with Crippen molar-refractivity contribution in [2.24, 2.45) is 0 Å². The molecule has 2 aromatic rings. The maximum atomic E-state index is 12.3. The number of amides is 1. The van der Waals surface area contributed by atoms with Crippen LogP contribution >= 0.6 is 0 Å². The highest BCUT2D eigenvalue weighted by Crippen LogP contribution is 2.25.